The van der Waals surface area contributed by atoms with Crippen LogP contribution in [0.15, 0.2) is 33.8 Å². The number of hydrogen-bond donors (Lipinski definition) is 2. The summed E-state index contributed by atoms with van der Waals surface area (Å²) in [5.41, 5.74) is 0.848. The first-order valence-electron chi connectivity index (χ1n) is 10.5. The average molecular weight is 547 g/mol. The van der Waals surface area contributed by atoms with Crippen molar-refractivity contribution in [2.24, 2.45) is 4.99 Å². The van der Waals surface area contributed by atoms with E-state index in [9.17, 15) is 0 Å². The van der Waals surface area contributed by atoms with Crippen molar-refractivity contribution in [3.8, 4) is 11.4 Å². The smallest absolute Gasteiger partial charge is 0.228 e. The molecular formula is C21H32ClIN6O. The molecule has 166 valence electrons. The van der Waals surface area contributed by atoms with E-state index in [2.05, 4.69) is 44.5 Å². The second-order valence-corrected chi connectivity index (χ2v) is 7.73. The van der Waals surface area contributed by atoms with Gasteiger partial charge in [-0.25, -0.2) is 0 Å². The minimum atomic E-state index is 0. The molecular weight excluding hydrogens is 515 g/mol. The van der Waals surface area contributed by atoms with Crippen molar-refractivity contribution in [1.29, 1.82) is 0 Å². The van der Waals surface area contributed by atoms with Crippen LogP contribution in [0.2, 0.25) is 5.02 Å². The number of hydrogen-bond acceptors (Lipinski definition) is 5. The molecule has 2 aromatic rings. The van der Waals surface area contributed by atoms with Crippen LogP contribution in [0, 0.1) is 0 Å². The maximum atomic E-state index is 6.03. The first-order valence-corrected chi connectivity index (χ1v) is 10.9. The molecule has 0 atom stereocenters. The summed E-state index contributed by atoms with van der Waals surface area (Å²) in [6.45, 7) is 9.24. The van der Waals surface area contributed by atoms with Gasteiger partial charge in [0.15, 0.2) is 5.96 Å². The number of likely N-dealkylation sites (tertiary alicyclic amines) is 1. The van der Waals surface area contributed by atoms with Crippen molar-refractivity contribution >= 4 is 41.5 Å². The number of rotatable bonds is 8. The molecule has 30 heavy (non-hydrogen) atoms. The molecule has 0 spiro atoms. The summed E-state index contributed by atoms with van der Waals surface area (Å²) in [5.74, 6) is 1.99. The van der Waals surface area contributed by atoms with E-state index in [1.54, 1.807) is 0 Å². The van der Waals surface area contributed by atoms with E-state index in [0.717, 1.165) is 44.0 Å². The Morgan fingerprint density at radius 1 is 1.30 bits per heavy atom. The third-order valence-electron chi connectivity index (χ3n) is 4.96. The van der Waals surface area contributed by atoms with Crippen molar-refractivity contribution in [1.82, 2.24) is 25.7 Å². The van der Waals surface area contributed by atoms with Crippen LogP contribution in [-0.2, 0) is 6.42 Å². The van der Waals surface area contributed by atoms with E-state index in [-0.39, 0.29) is 24.0 Å². The highest BCUT2D eigenvalue weighted by molar-refractivity contribution is 14.0. The predicted octanol–water partition coefficient (Wildman–Crippen LogP) is 3.98. The van der Waals surface area contributed by atoms with Crippen molar-refractivity contribution in [2.75, 3.05) is 32.7 Å². The summed E-state index contributed by atoms with van der Waals surface area (Å²) < 4.78 is 5.37. The third-order valence-corrected chi connectivity index (χ3v) is 5.19. The number of piperidine rings is 1. The monoisotopic (exact) mass is 546 g/mol. The Kier molecular flexibility index (Phi) is 10.9. The van der Waals surface area contributed by atoms with Gasteiger partial charge in [-0.15, -0.1) is 24.0 Å². The molecule has 0 saturated carbocycles. The molecule has 1 aromatic carbocycles. The zero-order valence-corrected chi connectivity index (χ0v) is 20.8. The van der Waals surface area contributed by atoms with Crippen molar-refractivity contribution < 1.29 is 4.52 Å². The minimum Gasteiger partial charge on any atom is -0.357 e. The number of guanidine groups is 1. The maximum absolute atomic E-state index is 6.03. The third kappa shape index (κ3) is 7.70. The quantitative estimate of drug-likeness (QED) is 0.296. The fourth-order valence-electron chi connectivity index (χ4n) is 3.50. The largest absolute Gasteiger partial charge is 0.357 e. The lowest BCUT2D eigenvalue weighted by Crippen LogP contribution is -2.48. The highest BCUT2D eigenvalue weighted by Gasteiger charge is 2.19. The molecule has 1 aliphatic rings. The van der Waals surface area contributed by atoms with Gasteiger partial charge in [0.2, 0.25) is 11.7 Å². The summed E-state index contributed by atoms with van der Waals surface area (Å²) >= 11 is 6.03. The fourth-order valence-corrected chi connectivity index (χ4v) is 3.69. The number of nitrogens with one attached hydrogen (secondary N) is 2. The van der Waals surface area contributed by atoms with Crippen LogP contribution in [0.3, 0.4) is 0 Å². The first-order chi connectivity index (χ1) is 14.2. The average Bonchev–Trinajstić information content (AvgIpc) is 3.19. The van der Waals surface area contributed by atoms with Gasteiger partial charge in [0, 0.05) is 42.7 Å². The molecule has 0 aliphatic carbocycles. The van der Waals surface area contributed by atoms with E-state index in [4.69, 9.17) is 16.1 Å². The molecule has 0 bridgehead atoms. The number of aliphatic imine (C=N–C) groups is 1. The van der Waals surface area contributed by atoms with Crippen LogP contribution in [0.25, 0.3) is 11.4 Å². The van der Waals surface area contributed by atoms with Crippen LogP contribution in [-0.4, -0.2) is 59.8 Å². The number of aromatic nitrogens is 2. The van der Waals surface area contributed by atoms with Crippen LogP contribution >= 0.6 is 35.6 Å². The Bertz CT molecular complexity index is 791. The van der Waals surface area contributed by atoms with Crippen LogP contribution < -0.4 is 10.6 Å². The van der Waals surface area contributed by atoms with E-state index in [0.29, 0.717) is 35.7 Å². The summed E-state index contributed by atoms with van der Waals surface area (Å²) in [6.07, 6.45) is 4.12. The molecule has 0 radical (unpaired) electrons. The Labute approximate surface area is 201 Å². The molecule has 3 rings (SSSR count). The first kappa shape index (κ1) is 24.9. The predicted molar refractivity (Wildman–Crippen MR) is 133 cm³/mol. The highest BCUT2D eigenvalue weighted by Crippen LogP contribution is 2.20. The van der Waals surface area contributed by atoms with Gasteiger partial charge in [0.1, 0.15) is 0 Å². The van der Waals surface area contributed by atoms with E-state index < -0.39 is 0 Å². The molecule has 9 heteroatoms. The zero-order chi connectivity index (χ0) is 20.5. The molecule has 2 N–H and O–H groups in total. The Morgan fingerprint density at radius 2 is 2.10 bits per heavy atom. The molecule has 2 heterocycles. The van der Waals surface area contributed by atoms with Gasteiger partial charge in [0.05, 0.1) is 6.54 Å². The lowest BCUT2D eigenvalue weighted by atomic mass is 10.1. The zero-order valence-electron chi connectivity index (χ0n) is 17.7. The lowest BCUT2D eigenvalue weighted by molar-refractivity contribution is 0.206. The fraction of sp³-hybridized carbons (Fsp3) is 0.571. The van der Waals surface area contributed by atoms with Gasteiger partial charge in [-0.1, -0.05) is 35.8 Å². The summed E-state index contributed by atoms with van der Waals surface area (Å²) in [6, 6.07) is 7.91. The van der Waals surface area contributed by atoms with Gasteiger partial charge in [-0.2, -0.15) is 4.98 Å². The minimum absolute atomic E-state index is 0. The van der Waals surface area contributed by atoms with Crippen LogP contribution in [0.1, 0.15) is 39.0 Å². The number of benzene rings is 1. The molecule has 1 saturated heterocycles. The molecule has 7 nitrogen and oxygen atoms in total. The second-order valence-electron chi connectivity index (χ2n) is 7.29. The lowest BCUT2D eigenvalue weighted by Gasteiger charge is -2.32. The normalized spacial score (nSPS) is 15.6. The van der Waals surface area contributed by atoms with Gasteiger partial charge >= 0.3 is 0 Å². The van der Waals surface area contributed by atoms with Gasteiger partial charge in [-0.3, -0.25) is 4.99 Å². The molecule has 1 fully saturated rings. The van der Waals surface area contributed by atoms with Gasteiger partial charge < -0.3 is 20.1 Å². The topological polar surface area (TPSA) is 78.6 Å². The molecule has 0 unspecified atom stereocenters. The van der Waals surface area contributed by atoms with E-state index >= 15 is 0 Å². The van der Waals surface area contributed by atoms with Crippen LogP contribution in [0.4, 0.5) is 0 Å². The van der Waals surface area contributed by atoms with E-state index in [1.807, 2.05) is 24.3 Å². The molecule has 0 amide bonds. The summed E-state index contributed by atoms with van der Waals surface area (Å²) in [7, 11) is 0. The Morgan fingerprint density at radius 3 is 2.80 bits per heavy atom. The van der Waals surface area contributed by atoms with Crippen molar-refractivity contribution in [2.45, 2.75) is 45.6 Å². The van der Waals surface area contributed by atoms with Crippen molar-refractivity contribution in [3.63, 3.8) is 0 Å². The van der Waals surface area contributed by atoms with Gasteiger partial charge in [0.25, 0.3) is 0 Å². The van der Waals surface area contributed by atoms with E-state index in [1.165, 1.54) is 13.0 Å². The van der Waals surface area contributed by atoms with Crippen LogP contribution in [0.5, 0.6) is 0 Å². The second kappa shape index (κ2) is 13.1. The molecule has 1 aliphatic heterocycles. The van der Waals surface area contributed by atoms with Crippen molar-refractivity contribution in [3.05, 3.63) is 35.2 Å². The number of nitrogens with zero attached hydrogens (tertiary/aromatic N) is 4. The number of halogens is 2. The Balaban J connectivity index is 0.00000320. The summed E-state index contributed by atoms with van der Waals surface area (Å²) in [4.78, 5) is 11.7. The molecule has 1 aromatic heterocycles. The highest BCUT2D eigenvalue weighted by atomic mass is 127. The Hall–Kier alpha value is -1.39. The summed E-state index contributed by atoms with van der Waals surface area (Å²) in [5, 5.41) is 11.6. The maximum Gasteiger partial charge on any atom is 0.228 e. The standard InChI is InChI=1S/C21H31ClN6O.HI/c1-3-12-28-13-9-18(10-14-28)25-21(23-4-2)24-11-8-19-26-20(27-29-19)16-6-5-7-17(22)15-16;/h5-7,15,18H,3-4,8-14H2,1-2H3,(H2,23,24,25);1H. The SMILES string of the molecule is CCCN1CCC(NC(=NCCc2nc(-c3cccc(Cl)c3)no2)NCC)CC1.I. The van der Waals surface area contributed by atoms with Gasteiger partial charge in [-0.05, 0) is 44.9 Å².